The fourth-order valence-corrected chi connectivity index (χ4v) is 2.14. The number of carbonyl (C=O) groups is 2. The molecule has 14 heavy (non-hydrogen) atoms. The van der Waals surface area contributed by atoms with Gasteiger partial charge >= 0.3 is 5.97 Å². The maximum atomic E-state index is 10.9. The molecule has 4 heteroatoms. The monoisotopic (exact) mass is 199 g/mol. The van der Waals surface area contributed by atoms with Crippen molar-refractivity contribution >= 4 is 11.9 Å². The van der Waals surface area contributed by atoms with Gasteiger partial charge in [-0.1, -0.05) is 12.8 Å². The van der Waals surface area contributed by atoms with Crippen LogP contribution in [0.5, 0.6) is 0 Å². The molecule has 1 rings (SSSR count). The van der Waals surface area contributed by atoms with E-state index >= 15 is 0 Å². The molecule has 1 fully saturated rings. The fraction of sp³-hybridized carbons (Fsp3) is 0.800. The Morgan fingerprint density at radius 1 is 1.43 bits per heavy atom. The van der Waals surface area contributed by atoms with Crippen LogP contribution in [-0.2, 0) is 9.59 Å². The third-order valence-corrected chi connectivity index (χ3v) is 2.75. The minimum absolute atomic E-state index is 0.0459. The van der Waals surface area contributed by atoms with Crippen LogP contribution in [0.4, 0.5) is 0 Å². The van der Waals surface area contributed by atoms with Crippen molar-refractivity contribution in [2.45, 2.75) is 45.1 Å². The summed E-state index contributed by atoms with van der Waals surface area (Å²) in [5.41, 5.74) is 0. The van der Waals surface area contributed by atoms with Gasteiger partial charge in [0.2, 0.25) is 5.91 Å². The molecule has 0 aromatic rings. The highest BCUT2D eigenvalue weighted by atomic mass is 16.4. The molecule has 4 nitrogen and oxygen atoms in total. The molecule has 0 heterocycles. The van der Waals surface area contributed by atoms with E-state index < -0.39 is 5.97 Å². The Hall–Kier alpha value is -1.06. The molecule has 0 bridgehead atoms. The summed E-state index contributed by atoms with van der Waals surface area (Å²) in [6.45, 7) is 1.43. The molecule has 1 aliphatic rings. The van der Waals surface area contributed by atoms with E-state index in [-0.39, 0.29) is 18.4 Å². The zero-order chi connectivity index (χ0) is 10.6. The van der Waals surface area contributed by atoms with Crippen LogP contribution >= 0.6 is 0 Å². The van der Waals surface area contributed by atoms with E-state index in [1.165, 1.54) is 6.92 Å². The van der Waals surface area contributed by atoms with E-state index in [9.17, 15) is 9.59 Å². The lowest BCUT2D eigenvalue weighted by atomic mass is 9.95. The van der Waals surface area contributed by atoms with E-state index in [4.69, 9.17) is 5.11 Å². The first-order valence-corrected chi connectivity index (χ1v) is 5.08. The Morgan fingerprint density at radius 2 is 2.00 bits per heavy atom. The van der Waals surface area contributed by atoms with Gasteiger partial charge in [0, 0.05) is 13.0 Å². The summed E-state index contributed by atoms with van der Waals surface area (Å²) < 4.78 is 0. The molecule has 80 valence electrons. The Bertz CT molecular complexity index is 205. The molecule has 0 aromatic heterocycles. The van der Waals surface area contributed by atoms with Crippen molar-refractivity contribution in [2.75, 3.05) is 0 Å². The van der Waals surface area contributed by atoms with Crippen LogP contribution < -0.4 is 5.32 Å². The van der Waals surface area contributed by atoms with Gasteiger partial charge in [-0.3, -0.25) is 9.59 Å². The molecule has 1 amide bonds. The molecular formula is C10H17NO3. The second-order valence-corrected chi connectivity index (χ2v) is 3.95. The molecule has 0 aromatic carbocycles. The van der Waals surface area contributed by atoms with Crippen LogP contribution in [-0.4, -0.2) is 23.0 Å². The average molecular weight is 199 g/mol. The Balaban J connectivity index is 2.50. The first kappa shape index (κ1) is 11.0. The first-order valence-electron chi connectivity index (χ1n) is 5.08. The Kier molecular flexibility index (Phi) is 3.92. The number of carboxylic acid groups (broad SMARTS) is 1. The SMILES string of the molecule is CC(=O)N[C@@H](CC(=O)O)C1CCCC1. The molecular weight excluding hydrogens is 182 g/mol. The van der Waals surface area contributed by atoms with Gasteiger partial charge in [0.25, 0.3) is 0 Å². The predicted octanol–water partition coefficient (Wildman–Crippen LogP) is 1.16. The minimum Gasteiger partial charge on any atom is -0.481 e. The van der Waals surface area contributed by atoms with Crippen molar-refractivity contribution in [3.63, 3.8) is 0 Å². The van der Waals surface area contributed by atoms with Crippen LogP contribution in [0.1, 0.15) is 39.0 Å². The van der Waals surface area contributed by atoms with Gasteiger partial charge in [-0.15, -0.1) is 0 Å². The van der Waals surface area contributed by atoms with E-state index in [2.05, 4.69) is 5.32 Å². The van der Waals surface area contributed by atoms with Crippen molar-refractivity contribution in [2.24, 2.45) is 5.92 Å². The van der Waals surface area contributed by atoms with E-state index in [1.54, 1.807) is 0 Å². The lowest BCUT2D eigenvalue weighted by Crippen LogP contribution is -2.39. The van der Waals surface area contributed by atoms with Gasteiger partial charge < -0.3 is 10.4 Å². The highest BCUT2D eigenvalue weighted by molar-refractivity contribution is 5.75. The zero-order valence-electron chi connectivity index (χ0n) is 8.45. The number of amides is 1. The highest BCUT2D eigenvalue weighted by Crippen LogP contribution is 2.28. The summed E-state index contributed by atoms with van der Waals surface area (Å²) in [4.78, 5) is 21.5. The summed E-state index contributed by atoms with van der Waals surface area (Å²) in [5, 5.41) is 11.4. The number of hydrogen-bond acceptors (Lipinski definition) is 2. The molecule has 0 radical (unpaired) electrons. The van der Waals surface area contributed by atoms with E-state index in [0.717, 1.165) is 25.7 Å². The molecule has 1 atom stereocenters. The fourth-order valence-electron chi connectivity index (χ4n) is 2.14. The summed E-state index contributed by atoms with van der Waals surface area (Å²) in [6.07, 6.45) is 4.43. The number of nitrogens with one attached hydrogen (secondary N) is 1. The van der Waals surface area contributed by atoms with E-state index in [0.29, 0.717) is 5.92 Å². The number of carbonyl (C=O) groups excluding carboxylic acids is 1. The van der Waals surface area contributed by atoms with Crippen LogP contribution in [0.2, 0.25) is 0 Å². The Morgan fingerprint density at radius 3 is 2.43 bits per heavy atom. The van der Waals surface area contributed by atoms with Gasteiger partial charge in [0.1, 0.15) is 0 Å². The molecule has 1 saturated carbocycles. The van der Waals surface area contributed by atoms with Crippen molar-refractivity contribution in [3.8, 4) is 0 Å². The number of carboxylic acids is 1. The van der Waals surface area contributed by atoms with Crippen LogP contribution in [0.15, 0.2) is 0 Å². The second-order valence-electron chi connectivity index (χ2n) is 3.95. The summed E-state index contributed by atoms with van der Waals surface area (Å²) in [6, 6.07) is -0.174. The van der Waals surface area contributed by atoms with Crippen molar-refractivity contribution < 1.29 is 14.7 Å². The summed E-state index contributed by atoms with van der Waals surface area (Å²) in [7, 11) is 0. The zero-order valence-corrected chi connectivity index (χ0v) is 8.45. The summed E-state index contributed by atoms with van der Waals surface area (Å²) in [5.74, 6) is -0.617. The highest BCUT2D eigenvalue weighted by Gasteiger charge is 2.27. The molecule has 1 aliphatic carbocycles. The van der Waals surface area contributed by atoms with Crippen LogP contribution in [0.25, 0.3) is 0 Å². The van der Waals surface area contributed by atoms with Crippen molar-refractivity contribution in [1.29, 1.82) is 0 Å². The summed E-state index contributed by atoms with van der Waals surface area (Å²) >= 11 is 0. The van der Waals surface area contributed by atoms with E-state index in [1.807, 2.05) is 0 Å². The van der Waals surface area contributed by atoms with Gasteiger partial charge in [-0.2, -0.15) is 0 Å². The average Bonchev–Trinajstić information content (AvgIpc) is 2.52. The first-order chi connectivity index (χ1) is 6.59. The number of hydrogen-bond donors (Lipinski definition) is 2. The molecule has 0 aliphatic heterocycles. The van der Waals surface area contributed by atoms with Gasteiger partial charge in [0.15, 0.2) is 0 Å². The molecule has 0 spiro atoms. The maximum Gasteiger partial charge on any atom is 0.305 e. The van der Waals surface area contributed by atoms with Crippen LogP contribution in [0.3, 0.4) is 0 Å². The topological polar surface area (TPSA) is 66.4 Å². The number of rotatable bonds is 4. The van der Waals surface area contributed by atoms with Crippen molar-refractivity contribution in [1.82, 2.24) is 5.32 Å². The quantitative estimate of drug-likeness (QED) is 0.714. The third kappa shape index (κ3) is 3.36. The molecule has 0 unspecified atom stereocenters. The Labute approximate surface area is 83.7 Å². The van der Waals surface area contributed by atoms with Crippen molar-refractivity contribution in [3.05, 3.63) is 0 Å². The third-order valence-electron chi connectivity index (χ3n) is 2.75. The van der Waals surface area contributed by atoms with Gasteiger partial charge in [-0.25, -0.2) is 0 Å². The van der Waals surface area contributed by atoms with Gasteiger partial charge in [-0.05, 0) is 18.8 Å². The lowest BCUT2D eigenvalue weighted by Gasteiger charge is -2.22. The molecule has 0 saturated heterocycles. The molecule has 2 N–H and O–H groups in total. The maximum absolute atomic E-state index is 10.9. The minimum atomic E-state index is -0.837. The van der Waals surface area contributed by atoms with Crippen LogP contribution in [0, 0.1) is 5.92 Å². The second kappa shape index (κ2) is 4.98. The largest absolute Gasteiger partial charge is 0.481 e. The number of aliphatic carboxylic acids is 1. The standard InChI is InChI=1S/C10H17NO3/c1-7(12)11-9(6-10(13)14)8-4-2-3-5-8/h8-9H,2-6H2,1H3,(H,11,12)(H,13,14)/t9-/m0/s1. The lowest BCUT2D eigenvalue weighted by molar-refractivity contribution is -0.138. The smallest absolute Gasteiger partial charge is 0.305 e. The van der Waals surface area contributed by atoms with Gasteiger partial charge in [0.05, 0.1) is 6.42 Å². The normalized spacial score (nSPS) is 19.2. The predicted molar refractivity (Wildman–Crippen MR) is 51.8 cm³/mol.